The first-order valence-corrected chi connectivity index (χ1v) is 11.4. The second-order valence-electron chi connectivity index (χ2n) is 7.02. The van der Waals surface area contributed by atoms with Crippen molar-refractivity contribution in [2.24, 2.45) is 0 Å². The number of phosphoric acid groups is 2. The molecule has 2 fully saturated rings. The molecule has 2 aliphatic rings. The van der Waals surface area contributed by atoms with Crippen LogP contribution in [0, 0.1) is 0 Å². The van der Waals surface area contributed by atoms with Gasteiger partial charge in [-0.15, -0.1) is 0 Å². The van der Waals surface area contributed by atoms with E-state index in [-0.39, 0.29) is 0 Å². The first-order chi connectivity index (χ1) is 14.0. The van der Waals surface area contributed by atoms with E-state index in [1.165, 1.54) is 0 Å². The Morgan fingerprint density at radius 2 is 0.710 bits per heavy atom. The molecule has 0 saturated heterocycles. The van der Waals surface area contributed by atoms with Gasteiger partial charge in [0.05, 0.1) is 7.82 Å². The van der Waals surface area contributed by atoms with Gasteiger partial charge in [0.1, 0.15) is 73.2 Å². The fraction of sp³-hybridized carbons (Fsp3) is 1.00. The van der Waals surface area contributed by atoms with Gasteiger partial charge in [-0.3, -0.25) is 4.57 Å². The van der Waals surface area contributed by atoms with E-state index >= 15 is 0 Å². The van der Waals surface area contributed by atoms with E-state index < -0.39 is 88.9 Å². The molecule has 3 unspecified atom stereocenters. The molecular formula is C12H21O17P2-3. The second kappa shape index (κ2) is 9.61. The fourth-order valence-electron chi connectivity index (χ4n) is 3.22. The Labute approximate surface area is 173 Å². The van der Waals surface area contributed by atoms with E-state index in [2.05, 4.69) is 13.6 Å². The lowest BCUT2D eigenvalue weighted by Gasteiger charge is -2.48. The Kier molecular flexibility index (Phi) is 8.41. The van der Waals surface area contributed by atoms with Crippen LogP contribution in [0.5, 0.6) is 0 Å². The highest BCUT2D eigenvalue weighted by Crippen LogP contribution is 2.47. The molecule has 0 heterocycles. The molecule has 0 aliphatic heterocycles. The third-order valence-corrected chi connectivity index (χ3v) is 6.38. The largest absolute Gasteiger partial charge is 0.790 e. The third kappa shape index (κ3) is 5.87. The Bertz CT molecular complexity index is 699. The minimum atomic E-state index is -5.89. The highest BCUT2D eigenvalue weighted by Gasteiger charge is 2.53. The molecule has 0 radical (unpaired) electrons. The quantitative estimate of drug-likeness (QED) is 0.153. The van der Waals surface area contributed by atoms with Gasteiger partial charge in [-0.2, -0.15) is 0 Å². The molecule has 17 nitrogen and oxygen atoms in total. The fourth-order valence-corrected chi connectivity index (χ4v) is 4.92. The van der Waals surface area contributed by atoms with Crippen molar-refractivity contribution in [1.82, 2.24) is 0 Å². The average Bonchev–Trinajstić information content (AvgIpc) is 2.66. The summed E-state index contributed by atoms with van der Waals surface area (Å²) in [5, 5.41) is 87.6. The molecule has 13 atom stereocenters. The van der Waals surface area contributed by atoms with Gasteiger partial charge < -0.3 is 78.8 Å². The van der Waals surface area contributed by atoms with Crippen LogP contribution < -0.4 is 14.7 Å². The number of hydrogen-bond acceptors (Lipinski definition) is 17. The predicted octanol–water partition coefficient (Wildman–Crippen LogP) is -8.29. The molecule has 2 saturated carbocycles. The Morgan fingerprint density at radius 1 is 0.452 bits per heavy atom. The van der Waals surface area contributed by atoms with Crippen LogP contribution in [0.3, 0.4) is 0 Å². The van der Waals surface area contributed by atoms with Gasteiger partial charge in [-0.05, 0) is 0 Å². The van der Waals surface area contributed by atoms with Crippen LogP contribution in [-0.2, 0) is 22.7 Å². The van der Waals surface area contributed by atoms with Gasteiger partial charge in [-0.1, -0.05) is 0 Å². The molecule has 2 aliphatic carbocycles. The SMILES string of the molecule is O=P([O-])([O-])O[C@H]1[C@@H](O)[C@@H](OP(=O)([O-])OC2[C@@H](O)[C@H](O)C(O)[C@H](O)[C@@H]2O)[C@H](O)[C@@H](O)[C@@H]1O. The Balaban J connectivity index is 2.22. The summed E-state index contributed by atoms with van der Waals surface area (Å²) >= 11 is 0. The van der Waals surface area contributed by atoms with E-state index in [0.29, 0.717) is 0 Å². The summed E-state index contributed by atoms with van der Waals surface area (Å²) in [5.74, 6) is 0. The van der Waals surface area contributed by atoms with Crippen LogP contribution in [0.4, 0.5) is 0 Å². The molecule has 0 aromatic carbocycles. The average molecular weight is 499 g/mol. The number of hydrogen-bond donors (Lipinski definition) is 9. The second-order valence-corrected chi connectivity index (χ2v) is 9.44. The molecule has 184 valence electrons. The lowest BCUT2D eigenvalue weighted by molar-refractivity contribution is -0.353. The van der Waals surface area contributed by atoms with Crippen molar-refractivity contribution in [3.63, 3.8) is 0 Å². The highest BCUT2D eigenvalue weighted by molar-refractivity contribution is 7.45. The first kappa shape index (κ1) is 27.1. The minimum Gasteiger partial charge on any atom is -0.790 e. The summed E-state index contributed by atoms with van der Waals surface area (Å²) < 4.78 is 35.5. The summed E-state index contributed by atoms with van der Waals surface area (Å²) in [7, 11) is -11.7. The normalized spacial score (nSPS) is 48.9. The highest BCUT2D eigenvalue weighted by atomic mass is 31.2. The van der Waals surface area contributed by atoms with E-state index in [9.17, 15) is 69.8 Å². The molecular weight excluding hydrogens is 478 g/mol. The third-order valence-electron chi connectivity index (χ3n) is 4.87. The van der Waals surface area contributed by atoms with Crippen LogP contribution in [0.2, 0.25) is 0 Å². The van der Waals surface area contributed by atoms with Gasteiger partial charge in [0, 0.05) is 0 Å². The molecule has 9 N–H and O–H groups in total. The number of phosphoric ester groups is 2. The van der Waals surface area contributed by atoms with Crippen LogP contribution >= 0.6 is 15.6 Å². The van der Waals surface area contributed by atoms with Crippen LogP contribution in [0.1, 0.15) is 0 Å². The Hall–Kier alpha value is -0.140. The van der Waals surface area contributed by atoms with Gasteiger partial charge in [-0.25, -0.2) is 0 Å². The summed E-state index contributed by atoms with van der Waals surface area (Å²) in [5.41, 5.74) is 0. The smallest absolute Gasteiger partial charge is 0.268 e. The van der Waals surface area contributed by atoms with Crippen molar-refractivity contribution in [2.45, 2.75) is 73.2 Å². The van der Waals surface area contributed by atoms with Crippen molar-refractivity contribution >= 4 is 15.6 Å². The zero-order chi connectivity index (χ0) is 24.0. The maximum atomic E-state index is 12.2. The van der Waals surface area contributed by atoms with Gasteiger partial charge in [0.15, 0.2) is 0 Å². The van der Waals surface area contributed by atoms with Crippen LogP contribution in [-0.4, -0.2) is 119 Å². The van der Waals surface area contributed by atoms with Crippen molar-refractivity contribution in [3.05, 3.63) is 0 Å². The van der Waals surface area contributed by atoms with E-state index in [1.54, 1.807) is 0 Å². The number of rotatable bonds is 6. The van der Waals surface area contributed by atoms with Crippen molar-refractivity contribution in [1.29, 1.82) is 0 Å². The molecule has 19 heteroatoms. The Morgan fingerprint density at radius 3 is 1.06 bits per heavy atom. The number of aliphatic hydroxyl groups is 9. The molecule has 31 heavy (non-hydrogen) atoms. The summed E-state index contributed by atoms with van der Waals surface area (Å²) in [6, 6.07) is 0. The molecule has 0 aromatic heterocycles. The molecule has 0 aromatic rings. The van der Waals surface area contributed by atoms with Crippen molar-refractivity contribution < 1.29 is 83.3 Å². The summed E-state index contributed by atoms with van der Waals surface area (Å²) in [4.78, 5) is 33.7. The predicted molar refractivity (Wildman–Crippen MR) is 83.9 cm³/mol. The van der Waals surface area contributed by atoms with Crippen LogP contribution in [0.25, 0.3) is 0 Å². The lowest BCUT2D eigenvalue weighted by atomic mass is 9.85. The molecule has 2 rings (SSSR count). The number of aliphatic hydroxyl groups excluding tert-OH is 9. The maximum Gasteiger partial charge on any atom is 0.268 e. The minimum absolute atomic E-state index is 2.08. The van der Waals surface area contributed by atoms with E-state index in [4.69, 9.17) is 0 Å². The monoisotopic (exact) mass is 499 g/mol. The van der Waals surface area contributed by atoms with E-state index in [0.717, 1.165) is 0 Å². The van der Waals surface area contributed by atoms with Gasteiger partial charge in [0.2, 0.25) is 0 Å². The van der Waals surface area contributed by atoms with Crippen molar-refractivity contribution in [2.75, 3.05) is 0 Å². The standard InChI is InChI=1S/C12H24O17P2/c13-1-2(14)5(17)10(6(18)3(1)15)28-31(25,26)29-12-8(20)4(16)7(19)11(9(12)21)27-30(22,23)24/h1-21H,(H,25,26)(H2,22,23,24)/p-3/t1?,2-,3+,4-,5-,6-,7-,8+,9+,10?,11+,12-/m0/s1. The summed E-state index contributed by atoms with van der Waals surface area (Å²) in [6.07, 6.45) is -28.0. The topological polar surface area (TPSA) is 313 Å². The zero-order valence-electron chi connectivity index (χ0n) is 15.1. The first-order valence-electron chi connectivity index (χ1n) is 8.49. The van der Waals surface area contributed by atoms with Gasteiger partial charge >= 0.3 is 0 Å². The maximum absolute atomic E-state index is 12.2. The molecule has 0 amide bonds. The van der Waals surface area contributed by atoms with Gasteiger partial charge in [0.25, 0.3) is 7.82 Å². The van der Waals surface area contributed by atoms with E-state index in [1.807, 2.05) is 0 Å². The molecule has 0 bridgehead atoms. The summed E-state index contributed by atoms with van der Waals surface area (Å²) in [6.45, 7) is 0. The lowest BCUT2D eigenvalue weighted by Crippen LogP contribution is -2.65. The van der Waals surface area contributed by atoms with Crippen molar-refractivity contribution in [3.8, 4) is 0 Å². The van der Waals surface area contributed by atoms with Crippen LogP contribution in [0.15, 0.2) is 0 Å². The molecule has 0 spiro atoms. The zero-order valence-corrected chi connectivity index (χ0v) is 16.9.